The molecule has 1 N–H and O–H groups in total. The average molecular weight is 313 g/mol. The number of nitrogens with zero attached hydrogens (tertiary/aromatic N) is 1. The van der Waals surface area contributed by atoms with Crippen LogP contribution in [-0.4, -0.2) is 24.4 Å². The van der Waals surface area contributed by atoms with Gasteiger partial charge >= 0.3 is 0 Å². The summed E-state index contributed by atoms with van der Waals surface area (Å²) in [6.45, 7) is 0.599. The molecule has 0 saturated carbocycles. The minimum atomic E-state index is -0.466. The Hall–Kier alpha value is -1.59. The van der Waals surface area contributed by atoms with Crippen molar-refractivity contribution in [3.63, 3.8) is 0 Å². The number of rotatable bonds is 5. The van der Waals surface area contributed by atoms with E-state index in [2.05, 4.69) is 5.32 Å². The topological polar surface area (TPSA) is 32.3 Å². The normalized spacial score (nSPS) is 10.3. The lowest BCUT2D eigenvalue weighted by Crippen LogP contribution is -2.31. The quantitative estimate of drug-likeness (QED) is 0.914. The first-order valence-electron chi connectivity index (χ1n) is 6.01. The number of halogens is 2. The fourth-order valence-corrected chi connectivity index (χ4v) is 2.58. The van der Waals surface area contributed by atoms with Gasteiger partial charge in [0.1, 0.15) is 5.82 Å². The minimum Gasteiger partial charge on any atom is -0.374 e. The van der Waals surface area contributed by atoms with Gasteiger partial charge in [0.2, 0.25) is 5.91 Å². The third-order valence-corrected chi connectivity index (χ3v) is 3.86. The zero-order valence-corrected chi connectivity index (χ0v) is 12.5. The highest BCUT2D eigenvalue weighted by Crippen LogP contribution is 2.18. The smallest absolute Gasteiger partial charge is 0.241 e. The lowest BCUT2D eigenvalue weighted by molar-refractivity contribution is -0.128. The third kappa shape index (κ3) is 3.95. The first-order chi connectivity index (χ1) is 9.56. The molecule has 1 aromatic heterocycles. The van der Waals surface area contributed by atoms with Crippen molar-refractivity contribution in [1.29, 1.82) is 0 Å². The number of carbonyl (C=O) groups is 1. The van der Waals surface area contributed by atoms with Crippen LogP contribution < -0.4 is 5.32 Å². The van der Waals surface area contributed by atoms with Crippen LogP contribution in [0.1, 0.15) is 4.88 Å². The molecule has 0 aliphatic carbocycles. The Bertz CT molecular complexity index is 589. The number of thiophene rings is 1. The number of benzene rings is 1. The van der Waals surface area contributed by atoms with Crippen LogP contribution in [0.4, 0.5) is 10.1 Å². The fourth-order valence-electron chi connectivity index (χ4n) is 1.66. The van der Waals surface area contributed by atoms with E-state index in [9.17, 15) is 9.18 Å². The maximum Gasteiger partial charge on any atom is 0.241 e. The van der Waals surface area contributed by atoms with E-state index in [1.54, 1.807) is 29.4 Å². The predicted octanol–water partition coefficient (Wildman–Crippen LogP) is 3.61. The summed E-state index contributed by atoms with van der Waals surface area (Å²) >= 11 is 7.27. The molecule has 0 spiro atoms. The van der Waals surface area contributed by atoms with Crippen LogP contribution in [0.25, 0.3) is 0 Å². The van der Waals surface area contributed by atoms with Gasteiger partial charge in [0, 0.05) is 16.9 Å². The number of amides is 1. The van der Waals surface area contributed by atoms with Crippen molar-refractivity contribution < 1.29 is 9.18 Å². The Morgan fingerprint density at radius 2 is 2.25 bits per heavy atom. The van der Waals surface area contributed by atoms with Crippen molar-refractivity contribution in [2.45, 2.75) is 6.54 Å². The zero-order valence-electron chi connectivity index (χ0n) is 10.9. The monoisotopic (exact) mass is 312 g/mol. The van der Waals surface area contributed by atoms with Gasteiger partial charge < -0.3 is 10.2 Å². The lowest BCUT2D eigenvalue weighted by Gasteiger charge is -2.17. The van der Waals surface area contributed by atoms with Gasteiger partial charge in [-0.05, 0) is 29.6 Å². The molecule has 2 aromatic rings. The molecule has 0 aliphatic heterocycles. The van der Waals surface area contributed by atoms with Crippen LogP contribution in [0.2, 0.25) is 5.02 Å². The molecule has 106 valence electrons. The first kappa shape index (κ1) is 14.8. The van der Waals surface area contributed by atoms with Crippen LogP contribution in [0.5, 0.6) is 0 Å². The van der Waals surface area contributed by atoms with Crippen LogP contribution >= 0.6 is 22.9 Å². The summed E-state index contributed by atoms with van der Waals surface area (Å²) in [7, 11) is 1.72. The highest BCUT2D eigenvalue weighted by molar-refractivity contribution is 7.09. The predicted molar refractivity (Wildman–Crippen MR) is 80.7 cm³/mol. The van der Waals surface area contributed by atoms with E-state index in [1.165, 1.54) is 12.1 Å². The zero-order chi connectivity index (χ0) is 14.5. The molecule has 0 unspecified atom stereocenters. The molecule has 0 saturated heterocycles. The molecule has 0 atom stereocenters. The van der Waals surface area contributed by atoms with E-state index in [1.807, 2.05) is 17.5 Å². The fraction of sp³-hybridized carbons (Fsp3) is 0.214. The van der Waals surface area contributed by atoms with Crippen molar-refractivity contribution in [2.24, 2.45) is 0 Å². The van der Waals surface area contributed by atoms with Crippen LogP contribution in [0, 0.1) is 5.82 Å². The van der Waals surface area contributed by atoms with Gasteiger partial charge in [0.15, 0.2) is 0 Å². The van der Waals surface area contributed by atoms with E-state index >= 15 is 0 Å². The van der Waals surface area contributed by atoms with Crippen molar-refractivity contribution in [1.82, 2.24) is 4.90 Å². The van der Waals surface area contributed by atoms with E-state index in [4.69, 9.17) is 11.6 Å². The van der Waals surface area contributed by atoms with Crippen LogP contribution in [-0.2, 0) is 11.3 Å². The molecule has 6 heteroatoms. The summed E-state index contributed by atoms with van der Waals surface area (Å²) in [5.74, 6) is -0.570. The number of nitrogens with one attached hydrogen (secondary N) is 1. The van der Waals surface area contributed by atoms with Crippen molar-refractivity contribution >= 4 is 34.5 Å². The maximum absolute atomic E-state index is 13.5. The third-order valence-electron chi connectivity index (χ3n) is 2.76. The molecular formula is C14H14ClFN2OS. The van der Waals surface area contributed by atoms with E-state index in [0.717, 1.165) is 4.88 Å². The molecule has 0 fully saturated rings. The average Bonchev–Trinajstić information content (AvgIpc) is 2.90. The molecule has 20 heavy (non-hydrogen) atoms. The van der Waals surface area contributed by atoms with Gasteiger partial charge in [0.25, 0.3) is 0 Å². The number of carbonyl (C=O) groups excluding carboxylic acids is 1. The summed E-state index contributed by atoms with van der Waals surface area (Å²) in [4.78, 5) is 14.7. The second kappa shape index (κ2) is 6.72. The molecule has 2 rings (SSSR count). The van der Waals surface area contributed by atoms with E-state index in [-0.39, 0.29) is 18.1 Å². The molecule has 1 aromatic carbocycles. The largest absolute Gasteiger partial charge is 0.374 e. The van der Waals surface area contributed by atoms with E-state index < -0.39 is 5.82 Å². The second-order valence-electron chi connectivity index (χ2n) is 4.31. The number of hydrogen-bond acceptors (Lipinski definition) is 3. The summed E-state index contributed by atoms with van der Waals surface area (Å²) < 4.78 is 13.5. The Morgan fingerprint density at radius 3 is 2.90 bits per heavy atom. The minimum absolute atomic E-state index is 0.0421. The molecule has 3 nitrogen and oxygen atoms in total. The summed E-state index contributed by atoms with van der Waals surface area (Å²) in [5, 5.41) is 5.07. The summed E-state index contributed by atoms with van der Waals surface area (Å²) in [6, 6.07) is 8.22. The second-order valence-corrected chi connectivity index (χ2v) is 5.78. The SMILES string of the molecule is CN(Cc1cccs1)C(=O)CNc1ccc(Cl)cc1F. The van der Waals surface area contributed by atoms with Gasteiger partial charge in [0.05, 0.1) is 18.8 Å². The molecule has 1 amide bonds. The standard InChI is InChI=1S/C14H14ClFN2OS/c1-18(9-11-3-2-6-20-11)14(19)8-17-13-5-4-10(15)7-12(13)16/h2-7,17H,8-9H2,1H3. The maximum atomic E-state index is 13.5. The van der Waals surface area contributed by atoms with Gasteiger partial charge in [-0.25, -0.2) is 4.39 Å². The summed E-state index contributed by atoms with van der Waals surface area (Å²) in [6.07, 6.45) is 0. The first-order valence-corrected chi connectivity index (χ1v) is 7.27. The Balaban J connectivity index is 1.88. The molecule has 0 radical (unpaired) electrons. The molecule has 0 bridgehead atoms. The lowest BCUT2D eigenvalue weighted by atomic mass is 10.3. The van der Waals surface area contributed by atoms with Gasteiger partial charge in [-0.2, -0.15) is 0 Å². The van der Waals surface area contributed by atoms with Gasteiger partial charge in [-0.15, -0.1) is 11.3 Å². The highest BCUT2D eigenvalue weighted by atomic mass is 35.5. The van der Waals surface area contributed by atoms with Gasteiger partial charge in [-0.1, -0.05) is 17.7 Å². The highest BCUT2D eigenvalue weighted by Gasteiger charge is 2.11. The summed E-state index contributed by atoms with van der Waals surface area (Å²) in [5.41, 5.74) is 0.271. The van der Waals surface area contributed by atoms with Crippen LogP contribution in [0.3, 0.4) is 0 Å². The number of anilines is 1. The molecular weight excluding hydrogens is 299 g/mol. The van der Waals surface area contributed by atoms with Gasteiger partial charge in [-0.3, -0.25) is 4.79 Å². The number of hydrogen-bond donors (Lipinski definition) is 1. The van der Waals surface area contributed by atoms with Crippen molar-refractivity contribution in [2.75, 3.05) is 18.9 Å². The molecule has 1 heterocycles. The van der Waals surface area contributed by atoms with Crippen molar-refractivity contribution in [3.05, 3.63) is 51.4 Å². The molecule has 0 aliphatic rings. The Labute approximate surface area is 126 Å². The Kier molecular flexibility index (Phi) is 4.98. The van der Waals surface area contributed by atoms with E-state index in [0.29, 0.717) is 11.6 Å². The Morgan fingerprint density at radius 1 is 1.45 bits per heavy atom. The van der Waals surface area contributed by atoms with Crippen LogP contribution in [0.15, 0.2) is 35.7 Å². The van der Waals surface area contributed by atoms with Crippen molar-refractivity contribution in [3.8, 4) is 0 Å². The number of likely N-dealkylation sites (N-methyl/N-ethyl adjacent to an activating group) is 1.